The molecule has 0 aromatic heterocycles. The van der Waals surface area contributed by atoms with Crippen LogP contribution in [0.15, 0.2) is 18.2 Å². The van der Waals surface area contributed by atoms with Gasteiger partial charge in [-0.2, -0.15) is 0 Å². The highest BCUT2D eigenvalue weighted by molar-refractivity contribution is 5.71. The summed E-state index contributed by atoms with van der Waals surface area (Å²) in [4.78, 5) is 22.8. The van der Waals surface area contributed by atoms with Gasteiger partial charge in [-0.15, -0.1) is 0 Å². The molecule has 0 radical (unpaired) electrons. The predicted molar refractivity (Wildman–Crippen MR) is 74.3 cm³/mol. The van der Waals surface area contributed by atoms with Crippen LogP contribution >= 0.6 is 0 Å². The van der Waals surface area contributed by atoms with E-state index in [0.29, 0.717) is 17.1 Å². The first-order valence-electron chi connectivity index (χ1n) is 6.83. The van der Waals surface area contributed by atoms with Crippen LogP contribution in [0.4, 0.5) is 4.79 Å². The zero-order valence-electron chi connectivity index (χ0n) is 12.7. The first-order valence-corrected chi connectivity index (χ1v) is 6.83. The molecule has 0 saturated heterocycles. The normalized spacial score (nSPS) is 14.3. The zero-order valence-corrected chi connectivity index (χ0v) is 12.7. The van der Waals surface area contributed by atoms with Gasteiger partial charge < -0.3 is 29.4 Å². The van der Waals surface area contributed by atoms with Crippen molar-refractivity contribution >= 4 is 12.1 Å². The van der Waals surface area contributed by atoms with Crippen LogP contribution in [0.25, 0.3) is 0 Å². The molecule has 2 rings (SSSR count). The fraction of sp³-hybridized carbons (Fsp3) is 0.467. The third-order valence-electron chi connectivity index (χ3n) is 2.86. The van der Waals surface area contributed by atoms with Crippen molar-refractivity contribution in [1.29, 1.82) is 0 Å². The van der Waals surface area contributed by atoms with Crippen molar-refractivity contribution in [2.45, 2.75) is 38.8 Å². The fourth-order valence-corrected chi connectivity index (χ4v) is 2.00. The topological polar surface area (TPSA) is 96.9 Å². The molecule has 0 saturated carbocycles. The van der Waals surface area contributed by atoms with Crippen LogP contribution in [0.1, 0.15) is 38.8 Å². The molecular weight excluding hydrogens is 290 g/mol. The molecule has 1 aliphatic rings. The minimum Gasteiger partial charge on any atom is -0.550 e. The number of hydrogen-bond acceptors (Lipinski definition) is 6. The molecule has 0 fully saturated rings. The Morgan fingerprint density at radius 3 is 2.64 bits per heavy atom. The van der Waals surface area contributed by atoms with Crippen LogP contribution < -0.4 is 19.9 Å². The van der Waals surface area contributed by atoms with Crippen molar-refractivity contribution in [3.63, 3.8) is 0 Å². The third-order valence-corrected chi connectivity index (χ3v) is 2.86. The van der Waals surface area contributed by atoms with E-state index in [9.17, 15) is 14.7 Å². The number of amides is 1. The Balaban J connectivity index is 2.15. The summed E-state index contributed by atoms with van der Waals surface area (Å²) in [6.07, 6.45) is -1.07. The van der Waals surface area contributed by atoms with E-state index in [4.69, 9.17) is 14.2 Å². The Bertz CT molecular complexity index is 578. The van der Waals surface area contributed by atoms with E-state index in [1.54, 1.807) is 39.0 Å². The second-order valence-corrected chi connectivity index (χ2v) is 5.89. The standard InChI is InChI=1S/C15H19NO6/c1-15(2,3)22-14(19)16-10(7-13(17)18)9-4-5-11-12(6-9)21-8-20-11/h4-6,10H,7-8H2,1-3H3,(H,16,19)(H,17,18)/p-1/t10-/m1/s1. The Labute approximate surface area is 128 Å². The highest BCUT2D eigenvalue weighted by atomic mass is 16.7. The van der Waals surface area contributed by atoms with Crippen molar-refractivity contribution in [3.05, 3.63) is 23.8 Å². The van der Waals surface area contributed by atoms with Crippen molar-refractivity contribution in [3.8, 4) is 11.5 Å². The summed E-state index contributed by atoms with van der Waals surface area (Å²) in [5.41, 5.74) is -0.107. The second kappa shape index (κ2) is 6.13. The van der Waals surface area contributed by atoms with Gasteiger partial charge in [0.25, 0.3) is 0 Å². The number of hydrogen-bond donors (Lipinski definition) is 1. The minimum absolute atomic E-state index is 0.115. The molecule has 1 aromatic carbocycles. The molecule has 1 aromatic rings. The predicted octanol–water partition coefficient (Wildman–Crippen LogP) is 1.12. The van der Waals surface area contributed by atoms with Gasteiger partial charge in [0.15, 0.2) is 11.5 Å². The van der Waals surface area contributed by atoms with Gasteiger partial charge in [-0.1, -0.05) is 6.07 Å². The molecule has 7 nitrogen and oxygen atoms in total. The molecule has 1 aliphatic heterocycles. The molecule has 0 bridgehead atoms. The number of carbonyl (C=O) groups is 2. The number of ether oxygens (including phenoxy) is 3. The highest BCUT2D eigenvalue weighted by Crippen LogP contribution is 2.34. The molecular formula is C15H18NO6-. The number of rotatable bonds is 4. The number of aliphatic carboxylic acids is 1. The molecule has 1 heterocycles. The molecule has 7 heteroatoms. The monoisotopic (exact) mass is 308 g/mol. The maximum absolute atomic E-state index is 11.9. The van der Waals surface area contributed by atoms with E-state index in [0.717, 1.165) is 0 Å². The first kappa shape index (κ1) is 15.9. The lowest BCUT2D eigenvalue weighted by Gasteiger charge is -2.24. The smallest absolute Gasteiger partial charge is 0.408 e. The van der Waals surface area contributed by atoms with Crippen LogP contribution in [0, 0.1) is 0 Å². The average Bonchev–Trinajstić information content (AvgIpc) is 2.81. The molecule has 22 heavy (non-hydrogen) atoms. The van der Waals surface area contributed by atoms with Gasteiger partial charge in [0.05, 0.1) is 6.04 Å². The average molecular weight is 308 g/mol. The van der Waals surface area contributed by atoms with Gasteiger partial charge in [-0.25, -0.2) is 4.79 Å². The van der Waals surface area contributed by atoms with Gasteiger partial charge in [0.2, 0.25) is 6.79 Å². The summed E-state index contributed by atoms with van der Waals surface area (Å²) < 4.78 is 15.6. The molecule has 0 spiro atoms. The largest absolute Gasteiger partial charge is 0.550 e. The summed E-state index contributed by atoms with van der Waals surface area (Å²) in [5.74, 6) is -0.196. The molecule has 1 N–H and O–H groups in total. The number of carboxylic acids is 1. The Hall–Kier alpha value is -2.44. The highest BCUT2D eigenvalue weighted by Gasteiger charge is 2.23. The van der Waals surface area contributed by atoms with E-state index in [1.807, 2.05) is 0 Å². The van der Waals surface area contributed by atoms with Crippen molar-refractivity contribution < 1.29 is 28.9 Å². The summed E-state index contributed by atoms with van der Waals surface area (Å²) in [5, 5.41) is 13.5. The fourth-order valence-electron chi connectivity index (χ4n) is 2.00. The SMILES string of the molecule is CC(C)(C)OC(=O)N[C@H](CC(=O)[O-])c1ccc2c(c1)OCO2. The van der Waals surface area contributed by atoms with E-state index >= 15 is 0 Å². The van der Waals surface area contributed by atoms with Crippen LogP contribution in [-0.4, -0.2) is 24.5 Å². The van der Waals surface area contributed by atoms with Crippen molar-refractivity contribution in [2.24, 2.45) is 0 Å². The molecule has 1 atom stereocenters. The van der Waals surface area contributed by atoms with E-state index in [1.165, 1.54) is 0 Å². The Kier molecular flexibility index (Phi) is 4.44. The van der Waals surface area contributed by atoms with Crippen LogP contribution in [0.5, 0.6) is 11.5 Å². The third kappa shape index (κ3) is 4.28. The molecule has 120 valence electrons. The molecule has 1 amide bonds. The van der Waals surface area contributed by atoms with Gasteiger partial charge in [0, 0.05) is 12.4 Å². The van der Waals surface area contributed by atoms with Crippen LogP contribution in [0.2, 0.25) is 0 Å². The van der Waals surface area contributed by atoms with Gasteiger partial charge in [0.1, 0.15) is 5.60 Å². The van der Waals surface area contributed by atoms with E-state index in [2.05, 4.69) is 5.32 Å². The van der Waals surface area contributed by atoms with Crippen molar-refractivity contribution in [1.82, 2.24) is 5.32 Å². The quantitative estimate of drug-likeness (QED) is 0.895. The summed E-state index contributed by atoms with van der Waals surface area (Å²) in [6.45, 7) is 5.28. The lowest BCUT2D eigenvalue weighted by atomic mass is 10.0. The minimum atomic E-state index is -1.28. The lowest BCUT2D eigenvalue weighted by molar-refractivity contribution is -0.306. The van der Waals surface area contributed by atoms with Crippen LogP contribution in [-0.2, 0) is 9.53 Å². The summed E-state index contributed by atoms with van der Waals surface area (Å²) in [7, 11) is 0. The maximum atomic E-state index is 11.9. The molecule has 0 unspecified atom stereocenters. The molecule has 0 aliphatic carbocycles. The summed E-state index contributed by atoms with van der Waals surface area (Å²) in [6, 6.07) is 4.18. The maximum Gasteiger partial charge on any atom is 0.408 e. The van der Waals surface area contributed by atoms with Gasteiger partial charge >= 0.3 is 6.09 Å². The first-order chi connectivity index (χ1) is 10.2. The van der Waals surface area contributed by atoms with Gasteiger partial charge in [-0.3, -0.25) is 0 Å². The summed E-state index contributed by atoms with van der Waals surface area (Å²) >= 11 is 0. The van der Waals surface area contributed by atoms with E-state index in [-0.39, 0.29) is 13.2 Å². The number of fused-ring (bicyclic) bond motifs is 1. The number of carbonyl (C=O) groups excluding carboxylic acids is 2. The number of carboxylic acid groups (broad SMARTS) is 1. The number of benzene rings is 1. The van der Waals surface area contributed by atoms with Crippen molar-refractivity contribution in [2.75, 3.05) is 6.79 Å². The number of alkyl carbamates (subject to hydrolysis) is 1. The van der Waals surface area contributed by atoms with Gasteiger partial charge in [-0.05, 0) is 38.5 Å². The number of nitrogens with one attached hydrogen (secondary N) is 1. The zero-order chi connectivity index (χ0) is 16.3. The Morgan fingerprint density at radius 1 is 1.32 bits per heavy atom. The lowest BCUT2D eigenvalue weighted by Crippen LogP contribution is -2.37. The van der Waals surface area contributed by atoms with E-state index < -0.39 is 23.7 Å². The van der Waals surface area contributed by atoms with Crippen LogP contribution in [0.3, 0.4) is 0 Å². The Morgan fingerprint density at radius 2 is 2.00 bits per heavy atom. The second-order valence-electron chi connectivity index (χ2n) is 5.89.